The van der Waals surface area contributed by atoms with Gasteiger partial charge in [-0.25, -0.2) is 22.0 Å². The molecule has 204 valence electrons. The van der Waals surface area contributed by atoms with Crippen LogP contribution in [0.15, 0.2) is 0 Å². The van der Waals surface area contributed by atoms with Crippen molar-refractivity contribution in [2.75, 3.05) is 7.11 Å². The van der Waals surface area contributed by atoms with Gasteiger partial charge in [0.15, 0.2) is 23.3 Å². The van der Waals surface area contributed by atoms with Crippen molar-refractivity contribution >= 4 is 0 Å². The van der Waals surface area contributed by atoms with E-state index in [2.05, 4.69) is 20.8 Å². The molecule has 0 spiro atoms. The molecule has 6 heteroatoms. The molecule has 0 heterocycles. The van der Waals surface area contributed by atoms with Gasteiger partial charge in [0.2, 0.25) is 5.82 Å². The molecule has 1 atom stereocenters. The van der Waals surface area contributed by atoms with Crippen molar-refractivity contribution in [3.63, 3.8) is 0 Å². The first-order valence-corrected chi connectivity index (χ1v) is 13.7. The lowest BCUT2D eigenvalue weighted by molar-refractivity contribution is -0.0352. The molecule has 0 fully saturated rings. The number of rotatable bonds is 20. The van der Waals surface area contributed by atoms with Gasteiger partial charge in [0.1, 0.15) is 0 Å². The fourth-order valence-corrected chi connectivity index (χ4v) is 4.80. The van der Waals surface area contributed by atoms with Crippen LogP contribution in [0.3, 0.4) is 0 Å². The zero-order valence-electron chi connectivity index (χ0n) is 22.4. The van der Waals surface area contributed by atoms with E-state index in [1.807, 2.05) is 0 Å². The highest BCUT2D eigenvalue weighted by Gasteiger charge is 2.28. The summed E-state index contributed by atoms with van der Waals surface area (Å²) in [6, 6.07) is 0. The predicted molar refractivity (Wildman–Crippen MR) is 134 cm³/mol. The smallest absolute Gasteiger partial charge is 0.200 e. The maximum atomic E-state index is 13.7. The van der Waals surface area contributed by atoms with Crippen LogP contribution in [-0.4, -0.2) is 12.7 Å². The molecule has 1 aromatic rings. The van der Waals surface area contributed by atoms with E-state index in [4.69, 9.17) is 4.74 Å². The monoisotopic (exact) mass is 506 g/mol. The van der Waals surface area contributed by atoms with Crippen LogP contribution in [0.1, 0.15) is 129 Å². The van der Waals surface area contributed by atoms with Crippen molar-refractivity contribution in [3.8, 4) is 0 Å². The molecule has 0 saturated carbocycles. The first-order valence-electron chi connectivity index (χ1n) is 13.7. The number of hydrogen-bond acceptors (Lipinski definition) is 1. The summed E-state index contributed by atoms with van der Waals surface area (Å²) < 4.78 is 72.8. The third-order valence-corrected chi connectivity index (χ3v) is 7.45. The van der Waals surface area contributed by atoms with E-state index in [-0.39, 0.29) is 12.0 Å². The summed E-state index contributed by atoms with van der Waals surface area (Å²) >= 11 is 0. The van der Waals surface area contributed by atoms with Gasteiger partial charge in [-0.05, 0) is 45.4 Å². The second kappa shape index (κ2) is 17.3. The number of unbranched alkanes of at least 4 members (excludes halogenated alkanes) is 12. The van der Waals surface area contributed by atoms with Crippen molar-refractivity contribution in [1.82, 2.24) is 0 Å². The van der Waals surface area contributed by atoms with Gasteiger partial charge in [0.25, 0.3) is 0 Å². The van der Waals surface area contributed by atoms with Gasteiger partial charge in [-0.3, -0.25) is 0 Å². The number of ether oxygens (including phenoxy) is 1. The van der Waals surface area contributed by atoms with Crippen molar-refractivity contribution < 1.29 is 26.7 Å². The Bertz CT molecular complexity index is 691. The fourth-order valence-electron chi connectivity index (χ4n) is 4.80. The topological polar surface area (TPSA) is 9.23 Å². The van der Waals surface area contributed by atoms with Crippen LogP contribution in [0.5, 0.6) is 0 Å². The minimum atomic E-state index is -2.09. The van der Waals surface area contributed by atoms with E-state index in [1.165, 1.54) is 64.2 Å². The predicted octanol–water partition coefficient (Wildman–Crippen LogP) is 10.2. The second-order valence-electron chi connectivity index (χ2n) is 10.5. The molecular weight excluding hydrogens is 459 g/mol. The van der Waals surface area contributed by atoms with Crippen molar-refractivity contribution in [2.45, 2.75) is 136 Å². The molecule has 0 bridgehead atoms. The quantitative estimate of drug-likeness (QED) is 0.0740. The molecule has 1 nitrogen and oxygen atoms in total. The molecule has 0 aromatic heterocycles. The summed E-state index contributed by atoms with van der Waals surface area (Å²) in [5.41, 5.74) is -0.797. The Morgan fingerprint density at radius 1 is 0.571 bits per heavy atom. The van der Waals surface area contributed by atoms with Crippen molar-refractivity contribution in [2.24, 2.45) is 5.92 Å². The van der Waals surface area contributed by atoms with Gasteiger partial charge in [-0.2, -0.15) is 0 Å². The normalized spacial score (nSPS) is 12.9. The Labute approximate surface area is 210 Å². The Hall–Kier alpha value is -1.17. The third kappa shape index (κ3) is 11.2. The fraction of sp³-hybridized carbons (Fsp3) is 0.793. The molecule has 35 heavy (non-hydrogen) atoms. The molecule has 0 N–H and O–H groups in total. The first kappa shape index (κ1) is 31.9. The van der Waals surface area contributed by atoms with Crippen LogP contribution < -0.4 is 0 Å². The Balaban J connectivity index is 2.20. The van der Waals surface area contributed by atoms with Gasteiger partial charge in [0, 0.05) is 12.7 Å². The number of hydrogen-bond donors (Lipinski definition) is 0. The van der Waals surface area contributed by atoms with Crippen LogP contribution in [0, 0.1) is 35.0 Å². The molecule has 0 aliphatic carbocycles. The molecule has 1 aromatic carbocycles. The Morgan fingerprint density at radius 3 is 1.37 bits per heavy atom. The van der Waals surface area contributed by atoms with Crippen LogP contribution in [0.4, 0.5) is 22.0 Å². The summed E-state index contributed by atoms with van der Waals surface area (Å²) in [4.78, 5) is 0. The number of methoxy groups -OCH3 is 1. The second-order valence-corrected chi connectivity index (χ2v) is 10.5. The molecule has 0 radical (unpaired) electrons. The molecule has 0 aliphatic heterocycles. The number of halogens is 5. The molecule has 1 rings (SSSR count). The van der Waals surface area contributed by atoms with Crippen LogP contribution in [0.25, 0.3) is 0 Å². The van der Waals surface area contributed by atoms with Crippen molar-refractivity contribution in [1.29, 1.82) is 0 Å². The third-order valence-electron chi connectivity index (χ3n) is 7.45. The molecular formula is C29H47F5O. The van der Waals surface area contributed by atoms with Gasteiger partial charge in [0.05, 0.1) is 5.60 Å². The molecule has 1 unspecified atom stereocenters. The lowest BCUT2D eigenvalue weighted by Gasteiger charge is -2.33. The summed E-state index contributed by atoms with van der Waals surface area (Å²) in [5, 5.41) is 0. The lowest BCUT2D eigenvalue weighted by atomic mass is 9.82. The van der Waals surface area contributed by atoms with Crippen LogP contribution in [-0.2, 0) is 11.2 Å². The van der Waals surface area contributed by atoms with Gasteiger partial charge < -0.3 is 4.74 Å². The highest BCUT2D eigenvalue weighted by molar-refractivity contribution is 5.24. The average molecular weight is 507 g/mol. The number of benzene rings is 1. The highest BCUT2D eigenvalue weighted by Crippen LogP contribution is 2.31. The highest BCUT2D eigenvalue weighted by atomic mass is 19.2. The van der Waals surface area contributed by atoms with E-state index in [0.717, 1.165) is 25.7 Å². The van der Waals surface area contributed by atoms with Crippen LogP contribution in [0.2, 0.25) is 0 Å². The minimum absolute atomic E-state index is 0.0985. The van der Waals surface area contributed by atoms with E-state index >= 15 is 0 Å². The summed E-state index contributed by atoms with van der Waals surface area (Å²) in [5.74, 6) is -8.64. The first-order chi connectivity index (χ1) is 16.7. The van der Waals surface area contributed by atoms with Gasteiger partial charge in [-0.15, -0.1) is 0 Å². The van der Waals surface area contributed by atoms with Gasteiger partial charge >= 0.3 is 0 Å². The summed E-state index contributed by atoms with van der Waals surface area (Å²) in [6.07, 6.45) is 17.7. The zero-order valence-corrected chi connectivity index (χ0v) is 22.4. The summed E-state index contributed by atoms with van der Waals surface area (Å²) in [7, 11) is 1.81. The van der Waals surface area contributed by atoms with Gasteiger partial charge in [-0.1, -0.05) is 90.4 Å². The lowest BCUT2D eigenvalue weighted by Crippen LogP contribution is -2.33. The largest absolute Gasteiger partial charge is 0.379 e. The van der Waals surface area contributed by atoms with E-state index in [1.54, 1.807) is 7.11 Å². The minimum Gasteiger partial charge on any atom is -0.379 e. The van der Waals surface area contributed by atoms with E-state index in [0.29, 0.717) is 18.8 Å². The SMILES string of the molecule is CCCCCCCCC(CCCCCCCCCCc1c(F)c(F)c(F)c(F)c1F)C(C)(C)OC. The molecule has 0 aliphatic rings. The summed E-state index contributed by atoms with van der Waals surface area (Å²) in [6.45, 7) is 6.63. The zero-order chi connectivity index (χ0) is 26.3. The van der Waals surface area contributed by atoms with E-state index < -0.39 is 34.6 Å². The Morgan fingerprint density at radius 2 is 0.943 bits per heavy atom. The van der Waals surface area contributed by atoms with E-state index in [9.17, 15) is 22.0 Å². The molecule has 0 amide bonds. The molecule has 0 saturated heterocycles. The maximum absolute atomic E-state index is 13.7. The maximum Gasteiger partial charge on any atom is 0.200 e. The Kier molecular flexibility index (Phi) is 15.8. The standard InChI is InChI=1S/C29H47F5O/c1-5-6-7-8-13-16-19-22(29(2,3)35-4)20-17-14-11-9-10-12-15-18-21-23-24(30)26(32)28(34)27(33)25(23)31/h22H,5-21H2,1-4H3. The average Bonchev–Trinajstić information content (AvgIpc) is 2.84. The van der Waals surface area contributed by atoms with Crippen LogP contribution >= 0.6 is 0 Å². The van der Waals surface area contributed by atoms with Crippen molar-refractivity contribution in [3.05, 3.63) is 34.6 Å².